The molecule has 0 aliphatic carbocycles. The van der Waals surface area contributed by atoms with Crippen LogP contribution in [0.2, 0.25) is 0 Å². The highest BCUT2D eigenvalue weighted by Crippen LogP contribution is 2.15. The predicted octanol–water partition coefficient (Wildman–Crippen LogP) is 3.43. The van der Waals surface area contributed by atoms with E-state index >= 15 is 0 Å². The number of halogens is 2. The fourth-order valence-corrected chi connectivity index (χ4v) is 1.57. The summed E-state index contributed by atoms with van der Waals surface area (Å²) in [6.45, 7) is 4.47. The van der Waals surface area contributed by atoms with Gasteiger partial charge in [-0.3, -0.25) is 0 Å². The highest BCUT2D eigenvalue weighted by atomic mass is 79.9. The molecule has 1 rings (SSSR count). The Morgan fingerprint density at radius 3 is 2.62 bits per heavy atom. The molecule has 90 valence electrons. The van der Waals surface area contributed by atoms with Gasteiger partial charge in [0.25, 0.3) is 0 Å². The molecule has 0 saturated heterocycles. The first-order chi connectivity index (χ1) is 7.68. The van der Waals surface area contributed by atoms with E-state index in [1.54, 1.807) is 0 Å². The van der Waals surface area contributed by atoms with Crippen LogP contribution in [0.1, 0.15) is 13.3 Å². The van der Waals surface area contributed by atoms with Gasteiger partial charge in [-0.1, -0.05) is 15.9 Å². The first-order valence-electron chi connectivity index (χ1n) is 5.41. The monoisotopic (exact) mass is 305 g/mol. The van der Waals surface area contributed by atoms with Crippen molar-refractivity contribution in [3.05, 3.63) is 28.7 Å². The van der Waals surface area contributed by atoms with Gasteiger partial charge in [-0.25, -0.2) is 0 Å². The Kier molecular flexibility index (Phi) is 6.85. The minimum atomic E-state index is 0.236. The van der Waals surface area contributed by atoms with Gasteiger partial charge in [0.2, 0.25) is 0 Å². The Bertz CT molecular complexity index is 290. The van der Waals surface area contributed by atoms with Crippen LogP contribution < -0.4 is 10.1 Å². The Labute approximate surface area is 110 Å². The number of ether oxygens (including phenoxy) is 1. The third kappa shape index (κ3) is 6.36. The average Bonchev–Trinajstić information content (AvgIpc) is 2.25. The van der Waals surface area contributed by atoms with Crippen LogP contribution in [0.15, 0.2) is 28.7 Å². The zero-order valence-electron chi connectivity index (χ0n) is 9.38. The Morgan fingerprint density at radius 2 is 2.00 bits per heavy atom. The summed E-state index contributed by atoms with van der Waals surface area (Å²) in [5, 5.41) is 3.52. The molecule has 0 heterocycles. The number of hydrogen-bond acceptors (Lipinski definition) is 2. The lowest BCUT2D eigenvalue weighted by molar-refractivity contribution is 0.314. The molecule has 1 aromatic rings. The molecule has 16 heavy (non-hydrogen) atoms. The fourth-order valence-electron chi connectivity index (χ4n) is 1.20. The van der Waals surface area contributed by atoms with E-state index in [0.717, 1.165) is 29.7 Å². The summed E-state index contributed by atoms with van der Waals surface area (Å²) >= 11 is 9.21. The summed E-state index contributed by atoms with van der Waals surface area (Å²) in [6.07, 6.45) is 0.986. The van der Waals surface area contributed by atoms with Crippen molar-refractivity contribution in [3.63, 3.8) is 0 Å². The van der Waals surface area contributed by atoms with Gasteiger partial charge in [-0.15, -0.1) is 11.6 Å². The van der Waals surface area contributed by atoms with Crippen molar-refractivity contribution < 1.29 is 4.74 Å². The Hall–Kier alpha value is -0.250. The van der Waals surface area contributed by atoms with Crippen molar-refractivity contribution in [1.82, 2.24) is 5.32 Å². The minimum Gasteiger partial charge on any atom is -0.492 e. The molecule has 0 aromatic heterocycles. The molecule has 0 spiro atoms. The third-order valence-electron chi connectivity index (χ3n) is 2.08. The molecule has 0 aliphatic rings. The maximum Gasteiger partial charge on any atom is 0.119 e. The molecule has 0 aliphatic heterocycles. The second kappa shape index (κ2) is 7.93. The van der Waals surface area contributed by atoms with Gasteiger partial charge >= 0.3 is 0 Å². The lowest BCUT2D eigenvalue weighted by Crippen LogP contribution is -2.23. The standard InChI is InChI=1S/C12H17BrClNO/c1-10(14)6-7-15-8-9-16-12-4-2-11(13)3-5-12/h2-5,10,15H,6-9H2,1H3. The SMILES string of the molecule is CC(Cl)CCNCCOc1ccc(Br)cc1. The van der Waals surface area contributed by atoms with Crippen LogP contribution >= 0.6 is 27.5 Å². The zero-order chi connectivity index (χ0) is 11.8. The molecule has 1 unspecified atom stereocenters. The predicted molar refractivity (Wildman–Crippen MR) is 72.4 cm³/mol. The normalized spacial score (nSPS) is 12.4. The summed E-state index contributed by atoms with van der Waals surface area (Å²) in [7, 11) is 0. The van der Waals surface area contributed by atoms with E-state index in [9.17, 15) is 0 Å². The van der Waals surface area contributed by atoms with Gasteiger partial charge in [0, 0.05) is 16.4 Å². The molecule has 4 heteroatoms. The van der Waals surface area contributed by atoms with E-state index in [4.69, 9.17) is 16.3 Å². The molecule has 0 saturated carbocycles. The fraction of sp³-hybridized carbons (Fsp3) is 0.500. The van der Waals surface area contributed by atoms with E-state index in [1.165, 1.54) is 0 Å². The van der Waals surface area contributed by atoms with Crippen molar-refractivity contribution >= 4 is 27.5 Å². The van der Waals surface area contributed by atoms with Crippen LogP contribution in [0.3, 0.4) is 0 Å². The van der Waals surface area contributed by atoms with Gasteiger partial charge < -0.3 is 10.1 Å². The lowest BCUT2D eigenvalue weighted by Gasteiger charge is -2.08. The summed E-state index contributed by atoms with van der Waals surface area (Å²) < 4.78 is 6.62. The first kappa shape index (κ1) is 13.8. The van der Waals surface area contributed by atoms with Crippen LogP contribution in [-0.4, -0.2) is 25.1 Å². The molecular formula is C12H17BrClNO. The Morgan fingerprint density at radius 1 is 1.31 bits per heavy atom. The van der Waals surface area contributed by atoms with E-state index in [2.05, 4.69) is 21.2 Å². The highest BCUT2D eigenvalue weighted by molar-refractivity contribution is 9.10. The number of nitrogens with one attached hydrogen (secondary N) is 1. The number of benzene rings is 1. The van der Waals surface area contributed by atoms with Crippen molar-refractivity contribution in [2.75, 3.05) is 19.7 Å². The molecule has 0 bridgehead atoms. The number of rotatable bonds is 7. The van der Waals surface area contributed by atoms with E-state index in [1.807, 2.05) is 31.2 Å². The van der Waals surface area contributed by atoms with Gasteiger partial charge in [0.15, 0.2) is 0 Å². The minimum absolute atomic E-state index is 0.236. The topological polar surface area (TPSA) is 21.3 Å². The maximum absolute atomic E-state index is 5.83. The average molecular weight is 307 g/mol. The van der Waals surface area contributed by atoms with Crippen molar-refractivity contribution in [2.45, 2.75) is 18.7 Å². The largest absolute Gasteiger partial charge is 0.492 e. The number of hydrogen-bond donors (Lipinski definition) is 1. The molecular weight excluding hydrogens is 289 g/mol. The van der Waals surface area contributed by atoms with Gasteiger partial charge in [0.05, 0.1) is 0 Å². The number of alkyl halides is 1. The second-order valence-electron chi connectivity index (χ2n) is 3.62. The molecule has 2 nitrogen and oxygen atoms in total. The molecule has 0 radical (unpaired) electrons. The lowest BCUT2D eigenvalue weighted by atomic mass is 10.3. The first-order valence-corrected chi connectivity index (χ1v) is 6.64. The van der Waals surface area contributed by atoms with E-state index < -0.39 is 0 Å². The summed E-state index contributed by atoms with van der Waals surface area (Å²) in [4.78, 5) is 0. The molecule has 0 amide bonds. The highest BCUT2D eigenvalue weighted by Gasteiger charge is 1.96. The van der Waals surface area contributed by atoms with Gasteiger partial charge in [-0.2, -0.15) is 0 Å². The van der Waals surface area contributed by atoms with Crippen molar-refractivity contribution in [1.29, 1.82) is 0 Å². The molecule has 0 fully saturated rings. The van der Waals surface area contributed by atoms with Crippen molar-refractivity contribution in [3.8, 4) is 5.75 Å². The van der Waals surface area contributed by atoms with Crippen LogP contribution in [-0.2, 0) is 0 Å². The van der Waals surface area contributed by atoms with Crippen LogP contribution in [0, 0.1) is 0 Å². The molecule has 1 aromatic carbocycles. The molecule has 1 N–H and O–H groups in total. The second-order valence-corrected chi connectivity index (χ2v) is 5.28. The summed E-state index contributed by atoms with van der Waals surface area (Å²) in [5.74, 6) is 0.899. The van der Waals surface area contributed by atoms with Crippen LogP contribution in [0.5, 0.6) is 5.75 Å². The Balaban J connectivity index is 2.05. The molecule has 1 atom stereocenters. The third-order valence-corrected chi connectivity index (χ3v) is 2.83. The summed E-state index contributed by atoms with van der Waals surface area (Å²) in [5.41, 5.74) is 0. The maximum atomic E-state index is 5.83. The van der Waals surface area contributed by atoms with Gasteiger partial charge in [-0.05, 0) is 44.2 Å². The zero-order valence-corrected chi connectivity index (χ0v) is 11.7. The van der Waals surface area contributed by atoms with Crippen molar-refractivity contribution in [2.24, 2.45) is 0 Å². The smallest absolute Gasteiger partial charge is 0.119 e. The van der Waals surface area contributed by atoms with E-state index in [0.29, 0.717) is 6.61 Å². The van der Waals surface area contributed by atoms with Gasteiger partial charge in [0.1, 0.15) is 12.4 Å². The van der Waals surface area contributed by atoms with Crippen LogP contribution in [0.25, 0.3) is 0 Å². The van der Waals surface area contributed by atoms with E-state index in [-0.39, 0.29) is 5.38 Å². The summed E-state index contributed by atoms with van der Waals surface area (Å²) in [6, 6.07) is 7.84. The quantitative estimate of drug-likeness (QED) is 0.615. The van der Waals surface area contributed by atoms with Crippen LogP contribution in [0.4, 0.5) is 0 Å².